The number of benzene rings is 1. The van der Waals surface area contributed by atoms with Crippen LogP contribution in [0.1, 0.15) is 16.8 Å². The maximum Gasteiger partial charge on any atom is 0.175 e. The smallest absolute Gasteiger partial charge is 0.175 e. The fourth-order valence-electron chi connectivity index (χ4n) is 2.36. The molecular formula is C12H12N2S. The average molecular weight is 216 g/mol. The van der Waals surface area contributed by atoms with Crippen molar-refractivity contribution in [2.45, 2.75) is 19.8 Å². The molecule has 15 heavy (non-hydrogen) atoms. The number of aromatic amines is 2. The molecule has 3 heteroatoms. The second kappa shape index (κ2) is 3.07. The molecule has 1 heterocycles. The third-order valence-corrected chi connectivity index (χ3v) is 3.31. The third-order valence-electron chi connectivity index (χ3n) is 3.11. The molecule has 0 spiro atoms. The zero-order valence-corrected chi connectivity index (χ0v) is 9.37. The van der Waals surface area contributed by atoms with Crippen molar-refractivity contribution in [3.05, 3.63) is 39.8 Å². The molecule has 1 aliphatic carbocycles. The Balaban J connectivity index is 2.34. The van der Waals surface area contributed by atoms with Crippen molar-refractivity contribution in [2.24, 2.45) is 0 Å². The number of rotatable bonds is 0. The van der Waals surface area contributed by atoms with Gasteiger partial charge in [0.15, 0.2) is 4.77 Å². The monoisotopic (exact) mass is 216 g/mol. The van der Waals surface area contributed by atoms with Crippen molar-refractivity contribution >= 4 is 12.2 Å². The van der Waals surface area contributed by atoms with E-state index in [4.69, 9.17) is 12.2 Å². The van der Waals surface area contributed by atoms with Gasteiger partial charge in [-0.15, -0.1) is 0 Å². The van der Waals surface area contributed by atoms with Gasteiger partial charge in [-0.3, -0.25) is 0 Å². The standard InChI is InChI=1S/C12H12N2S/c1-7-3-2-4-9-8(7)5-6-10-11(9)14-12(15)13-10/h2-4H,5-6H2,1H3,(H2,13,14,15). The first-order valence-corrected chi connectivity index (χ1v) is 5.56. The molecule has 0 fully saturated rings. The topological polar surface area (TPSA) is 31.6 Å². The number of imidazole rings is 1. The summed E-state index contributed by atoms with van der Waals surface area (Å²) in [5.41, 5.74) is 6.57. The summed E-state index contributed by atoms with van der Waals surface area (Å²) in [4.78, 5) is 6.46. The second-order valence-electron chi connectivity index (χ2n) is 4.03. The minimum Gasteiger partial charge on any atom is -0.334 e. The van der Waals surface area contributed by atoms with E-state index in [1.54, 1.807) is 0 Å². The molecule has 2 N–H and O–H groups in total. The molecule has 2 aromatic rings. The van der Waals surface area contributed by atoms with Crippen LogP contribution in [0.4, 0.5) is 0 Å². The average Bonchev–Trinajstić information content (AvgIpc) is 2.59. The molecule has 1 aliphatic rings. The Morgan fingerprint density at radius 2 is 2.07 bits per heavy atom. The Labute approximate surface area is 93.4 Å². The number of hydrogen-bond donors (Lipinski definition) is 2. The van der Waals surface area contributed by atoms with Crippen molar-refractivity contribution in [3.8, 4) is 11.3 Å². The Kier molecular flexibility index (Phi) is 1.83. The van der Waals surface area contributed by atoms with Gasteiger partial charge in [-0.2, -0.15) is 0 Å². The van der Waals surface area contributed by atoms with Gasteiger partial charge in [0.05, 0.1) is 5.69 Å². The largest absolute Gasteiger partial charge is 0.334 e. The lowest BCUT2D eigenvalue weighted by atomic mass is 9.89. The van der Waals surface area contributed by atoms with E-state index in [1.165, 1.54) is 28.1 Å². The summed E-state index contributed by atoms with van der Waals surface area (Å²) < 4.78 is 0.731. The lowest BCUT2D eigenvalue weighted by Crippen LogP contribution is -2.05. The van der Waals surface area contributed by atoms with Crippen LogP contribution in [-0.2, 0) is 12.8 Å². The van der Waals surface area contributed by atoms with E-state index in [1.807, 2.05) is 0 Å². The number of H-pyrrole nitrogens is 2. The highest BCUT2D eigenvalue weighted by molar-refractivity contribution is 7.71. The fourth-order valence-corrected chi connectivity index (χ4v) is 2.58. The van der Waals surface area contributed by atoms with Crippen LogP contribution in [0.2, 0.25) is 0 Å². The van der Waals surface area contributed by atoms with Gasteiger partial charge in [-0.25, -0.2) is 0 Å². The molecule has 0 aliphatic heterocycles. The van der Waals surface area contributed by atoms with E-state index in [9.17, 15) is 0 Å². The first-order chi connectivity index (χ1) is 7.25. The molecule has 1 aromatic carbocycles. The summed E-state index contributed by atoms with van der Waals surface area (Å²) in [6.07, 6.45) is 2.17. The Hall–Kier alpha value is -1.35. The first kappa shape index (κ1) is 8.92. The normalized spacial score (nSPS) is 13.4. The van der Waals surface area contributed by atoms with Gasteiger partial charge in [0.2, 0.25) is 0 Å². The highest BCUT2D eigenvalue weighted by Crippen LogP contribution is 2.32. The number of aromatic nitrogens is 2. The number of hydrogen-bond acceptors (Lipinski definition) is 1. The fraction of sp³-hybridized carbons (Fsp3) is 0.250. The summed E-state index contributed by atoms with van der Waals surface area (Å²) in [5, 5.41) is 0. The van der Waals surface area contributed by atoms with Gasteiger partial charge in [0.25, 0.3) is 0 Å². The van der Waals surface area contributed by atoms with Crippen molar-refractivity contribution in [1.82, 2.24) is 9.97 Å². The van der Waals surface area contributed by atoms with Gasteiger partial charge in [-0.1, -0.05) is 18.2 Å². The van der Waals surface area contributed by atoms with Gasteiger partial charge in [0.1, 0.15) is 0 Å². The highest BCUT2D eigenvalue weighted by Gasteiger charge is 2.18. The first-order valence-electron chi connectivity index (χ1n) is 5.16. The Bertz CT molecular complexity index is 578. The van der Waals surface area contributed by atoms with Crippen LogP contribution in [0.25, 0.3) is 11.3 Å². The number of fused-ring (bicyclic) bond motifs is 3. The van der Waals surface area contributed by atoms with Crippen LogP contribution in [0.15, 0.2) is 18.2 Å². The van der Waals surface area contributed by atoms with Gasteiger partial charge in [0, 0.05) is 11.3 Å². The van der Waals surface area contributed by atoms with Crippen molar-refractivity contribution in [3.63, 3.8) is 0 Å². The maximum absolute atomic E-state index is 5.13. The van der Waals surface area contributed by atoms with Crippen LogP contribution in [0, 0.1) is 11.7 Å². The minimum atomic E-state index is 0.731. The second-order valence-corrected chi connectivity index (χ2v) is 4.44. The molecule has 76 valence electrons. The quantitative estimate of drug-likeness (QED) is 0.651. The molecule has 0 saturated heterocycles. The number of nitrogens with one attached hydrogen (secondary N) is 2. The van der Waals surface area contributed by atoms with Crippen LogP contribution in [0.5, 0.6) is 0 Å². The van der Waals surface area contributed by atoms with E-state index in [0.717, 1.165) is 17.6 Å². The molecule has 0 unspecified atom stereocenters. The van der Waals surface area contributed by atoms with Gasteiger partial charge >= 0.3 is 0 Å². The van der Waals surface area contributed by atoms with Crippen LogP contribution in [0.3, 0.4) is 0 Å². The lowest BCUT2D eigenvalue weighted by Gasteiger charge is -2.17. The Morgan fingerprint density at radius 1 is 1.20 bits per heavy atom. The minimum absolute atomic E-state index is 0.731. The van der Waals surface area contributed by atoms with Gasteiger partial charge in [-0.05, 0) is 43.1 Å². The molecule has 0 bridgehead atoms. The van der Waals surface area contributed by atoms with E-state index < -0.39 is 0 Å². The predicted molar refractivity (Wildman–Crippen MR) is 63.6 cm³/mol. The van der Waals surface area contributed by atoms with Crippen molar-refractivity contribution in [2.75, 3.05) is 0 Å². The van der Waals surface area contributed by atoms with E-state index >= 15 is 0 Å². The SMILES string of the molecule is Cc1cccc2c1CCc1[nH]c(=S)[nH]c1-2. The van der Waals surface area contributed by atoms with E-state index in [2.05, 4.69) is 35.1 Å². The molecule has 0 amide bonds. The molecular weight excluding hydrogens is 204 g/mol. The zero-order valence-electron chi connectivity index (χ0n) is 8.55. The van der Waals surface area contributed by atoms with E-state index in [0.29, 0.717) is 0 Å². The summed E-state index contributed by atoms with van der Waals surface area (Å²) in [6.45, 7) is 2.17. The third kappa shape index (κ3) is 1.27. The molecule has 0 saturated carbocycles. The van der Waals surface area contributed by atoms with Gasteiger partial charge < -0.3 is 9.97 Å². The molecule has 3 rings (SSSR count). The highest BCUT2D eigenvalue weighted by atomic mass is 32.1. The summed E-state index contributed by atoms with van der Waals surface area (Å²) >= 11 is 5.13. The van der Waals surface area contributed by atoms with Crippen molar-refractivity contribution < 1.29 is 0 Å². The zero-order chi connectivity index (χ0) is 10.4. The van der Waals surface area contributed by atoms with E-state index in [-0.39, 0.29) is 0 Å². The summed E-state index contributed by atoms with van der Waals surface area (Å²) in [7, 11) is 0. The lowest BCUT2D eigenvalue weighted by molar-refractivity contribution is 0.899. The van der Waals surface area contributed by atoms with Crippen LogP contribution < -0.4 is 0 Å². The Morgan fingerprint density at radius 3 is 2.93 bits per heavy atom. The maximum atomic E-state index is 5.13. The summed E-state index contributed by atoms with van der Waals surface area (Å²) in [6, 6.07) is 6.44. The van der Waals surface area contributed by atoms with Crippen LogP contribution in [-0.4, -0.2) is 9.97 Å². The number of aryl methyl sites for hydroxylation is 2. The molecule has 0 atom stereocenters. The molecule has 2 nitrogen and oxygen atoms in total. The molecule has 0 radical (unpaired) electrons. The van der Waals surface area contributed by atoms with Crippen molar-refractivity contribution in [1.29, 1.82) is 0 Å². The predicted octanol–water partition coefficient (Wildman–Crippen LogP) is 3.15. The molecule has 1 aromatic heterocycles. The van der Waals surface area contributed by atoms with Crippen LogP contribution >= 0.6 is 12.2 Å². The summed E-state index contributed by atoms with van der Waals surface area (Å²) in [5.74, 6) is 0.